The Morgan fingerprint density at radius 3 is 2.27 bits per heavy atom. The Morgan fingerprint density at radius 2 is 1.87 bits per heavy atom. The van der Waals surface area contributed by atoms with Gasteiger partial charge in [-0.3, -0.25) is 4.98 Å². The number of aromatic nitrogens is 1. The van der Waals surface area contributed by atoms with E-state index in [0.29, 0.717) is 11.2 Å². The Labute approximate surface area is 96.7 Å². The van der Waals surface area contributed by atoms with Gasteiger partial charge in [0.05, 0.1) is 5.69 Å². The lowest BCUT2D eigenvalue weighted by Gasteiger charge is -2.14. The molecule has 0 saturated carbocycles. The van der Waals surface area contributed by atoms with Gasteiger partial charge in [0.2, 0.25) is 0 Å². The van der Waals surface area contributed by atoms with Gasteiger partial charge in [-0.2, -0.15) is 0 Å². The first-order chi connectivity index (χ1) is 7.00. The van der Waals surface area contributed by atoms with Crippen LogP contribution in [0.3, 0.4) is 0 Å². The Kier molecular flexibility index (Phi) is 4.61. The highest BCUT2D eigenvalue weighted by atomic mass is 32.2. The second-order valence-electron chi connectivity index (χ2n) is 4.27. The molecule has 0 aliphatic carbocycles. The number of thioether (sulfide) groups is 1. The summed E-state index contributed by atoms with van der Waals surface area (Å²) in [6, 6.07) is 4.14. The fourth-order valence-corrected chi connectivity index (χ4v) is 2.04. The molecule has 0 bridgehead atoms. The highest BCUT2D eigenvalue weighted by Gasteiger charge is 2.09. The first-order valence-corrected chi connectivity index (χ1v) is 6.27. The first-order valence-electron chi connectivity index (χ1n) is 5.39. The number of hydrogen-bond donors (Lipinski definition) is 1. The normalized spacial score (nSPS) is 15.3. The molecule has 1 aromatic rings. The summed E-state index contributed by atoms with van der Waals surface area (Å²) in [7, 11) is 0. The summed E-state index contributed by atoms with van der Waals surface area (Å²) in [5.41, 5.74) is 6.70. The van der Waals surface area contributed by atoms with Crippen molar-refractivity contribution in [2.75, 3.05) is 0 Å². The molecule has 0 aromatic carbocycles. The van der Waals surface area contributed by atoms with E-state index in [0.717, 1.165) is 5.69 Å². The molecule has 1 heterocycles. The van der Waals surface area contributed by atoms with Gasteiger partial charge >= 0.3 is 0 Å². The molecular formula is C12H20N2S. The highest BCUT2D eigenvalue weighted by Crippen LogP contribution is 2.27. The fourth-order valence-electron chi connectivity index (χ4n) is 1.08. The molecule has 84 valence electrons. The van der Waals surface area contributed by atoms with Crippen LogP contribution in [0.25, 0.3) is 0 Å². The SMILES string of the molecule is CC(C)C(C)Sc1ccc([C@@H](C)N)nc1. The van der Waals surface area contributed by atoms with Crippen LogP contribution in [0.5, 0.6) is 0 Å². The predicted octanol–water partition coefficient (Wildman–Crippen LogP) is 3.24. The summed E-state index contributed by atoms with van der Waals surface area (Å²) in [6.45, 7) is 8.67. The van der Waals surface area contributed by atoms with Crippen LogP contribution >= 0.6 is 11.8 Å². The minimum atomic E-state index is 0.0200. The summed E-state index contributed by atoms with van der Waals surface area (Å²) in [6.07, 6.45) is 1.92. The summed E-state index contributed by atoms with van der Waals surface area (Å²) in [5, 5.41) is 0.618. The van der Waals surface area contributed by atoms with Gasteiger partial charge in [0.15, 0.2) is 0 Å². The largest absolute Gasteiger partial charge is 0.323 e. The molecule has 0 aliphatic heterocycles. The van der Waals surface area contributed by atoms with Gasteiger partial charge in [0.25, 0.3) is 0 Å². The van der Waals surface area contributed by atoms with Crippen molar-refractivity contribution in [1.29, 1.82) is 0 Å². The van der Waals surface area contributed by atoms with Crippen molar-refractivity contribution in [2.24, 2.45) is 11.7 Å². The molecule has 0 radical (unpaired) electrons. The van der Waals surface area contributed by atoms with E-state index < -0.39 is 0 Å². The van der Waals surface area contributed by atoms with Crippen molar-refractivity contribution in [1.82, 2.24) is 4.98 Å². The van der Waals surface area contributed by atoms with Crippen molar-refractivity contribution in [3.63, 3.8) is 0 Å². The maximum atomic E-state index is 5.74. The van der Waals surface area contributed by atoms with E-state index in [1.165, 1.54) is 4.90 Å². The van der Waals surface area contributed by atoms with E-state index in [1.54, 1.807) is 0 Å². The average Bonchev–Trinajstić information content (AvgIpc) is 2.18. The van der Waals surface area contributed by atoms with Gasteiger partial charge in [-0.15, -0.1) is 11.8 Å². The van der Waals surface area contributed by atoms with Crippen molar-refractivity contribution < 1.29 is 0 Å². The molecule has 3 heteroatoms. The van der Waals surface area contributed by atoms with Gasteiger partial charge in [-0.05, 0) is 25.0 Å². The Balaban J connectivity index is 2.64. The maximum absolute atomic E-state index is 5.74. The van der Waals surface area contributed by atoms with E-state index >= 15 is 0 Å². The van der Waals surface area contributed by atoms with E-state index in [-0.39, 0.29) is 6.04 Å². The molecule has 1 aromatic heterocycles. The molecule has 2 N–H and O–H groups in total. The van der Waals surface area contributed by atoms with Crippen LogP contribution in [0, 0.1) is 5.92 Å². The molecular weight excluding hydrogens is 204 g/mol. The molecule has 0 aliphatic rings. The lowest BCUT2D eigenvalue weighted by Crippen LogP contribution is -2.08. The average molecular weight is 224 g/mol. The Hall–Kier alpha value is -0.540. The fraction of sp³-hybridized carbons (Fsp3) is 0.583. The van der Waals surface area contributed by atoms with Crippen LogP contribution in [0.1, 0.15) is 39.4 Å². The van der Waals surface area contributed by atoms with E-state index in [4.69, 9.17) is 5.73 Å². The third-order valence-electron chi connectivity index (χ3n) is 2.49. The number of nitrogens with zero attached hydrogens (tertiary/aromatic N) is 1. The van der Waals surface area contributed by atoms with Crippen molar-refractivity contribution in [3.05, 3.63) is 24.0 Å². The van der Waals surface area contributed by atoms with Crippen LogP contribution in [-0.2, 0) is 0 Å². The van der Waals surface area contributed by atoms with Gasteiger partial charge in [0.1, 0.15) is 0 Å². The number of nitrogens with two attached hydrogens (primary N) is 1. The molecule has 0 fully saturated rings. The number of hydrogen-bond acceptors (Lipinski definition) is 3. The summed E-state index contributed by atoms with van der Waals surface area (Å²) >= 11 is 1.87. The first kappa shape index (κ1) is 12.5. The number of pyridine rings is 1. The molecule has 1 unspecified atom stereocenters. The Bertz CT molecular complexity index is 293. The van der Waals surface area contributed by atoms with Crippen LogP contribution in [-0.4, -0.2) is 10.2 Å². The summed E-state index contributed by atoms with van der Waals surface area (Å²) in [4.78, 5) is 5.57. The third kappa shape index (κ3) is 3.84. The summed E-state index contributed by atoms with van der Waals surface area (Å²) < 4.78 is 0. The van der Waals surface area contributed by atoms with E-state index in [2.05, 4.69) is 31.8 Å². The van der Waals surface area contributed by atoms with Crippen molar-refractivity contribution in [3.8, 4) is 0 Å². The summed E-state index contributed by atoms with van der Waals surface area (Å²) in [5.74, 6) is 0.683. The van der Waals surface area contributed by atoms with Crippen LogP contribution in [0.4, 0.5) is 0 Å². The third-order valence-corrected chi connectivity index (χ3v) is 3.92. The predicted molar refractivity (Wildman–Crippen MR) is 67.0 cm³/mol. The Morgan fingerprint density at radius 1 is 1.20 bits per heavy atom. The lowest BCUT2D eigenvalue weighted by molar-refractivity contribution is 0.642. The standard InChI is InChI=1S/C12H20N2S/c1-8(2)10(4)15-11-5-6-12(9(3)13)14-7-11/h5-10H,13H2,1-4H3/t9-,10?/m1/s1. The smallest absolute Gasteiger partial charge is 0.0569 e. The molecule has 2 nitrogen and oxygen atoms in total. The monoisotopic (exact) mass is 224 g/mol. The lowest BCUT2D eigenvalue weighted by atomic mass is 10.2. The number of rotatable bonds is 4. The zero-order valence-electron chi connectivity index (χ0n) is 9.90. The maximum Gasteiger partial charge on any atom is 0.0569 e. The molecule has 1 rings (SSSR count). The minimum absolute atomic E-state index is 0.0200. The quantitative estimate of drug-likeness (QED) is 0.798. The minimum Gasteiger partial charge on any atom is -0.323 e. The molecule has 15 heavy (non-hydrogen) atoms. The zero-order valence-corrected chi connectivity index (χ0v) is 10.7. The second-order valence-corrected chi connectivity index (χ2v) is 5.73. The van der Waals surface area contributed by atoms with Gasteiger partial charge in [-0.1, -0.05) is 20.8 Å². The second kappa shape index (κ2) is 5.52. The van der Waals surface area contributed by atoms with Gasteiger partial charge in [-0.25, -0.2) is 0 Å². The topological polar surface area (TPSA) is 38.9 Å². The highest BCUT2D eigenvalue weighted by molar-refractivity contribution is 8.00. The van der Waals surface area contributed by atoms with Gasteiger partial charge in [0, 0.05) is 22.4 Å². The molecule has 0 saturated heterocycles. The van der Waals surface area contributed by atoms with Crippen molar-refractivity contribution in [2.45, 2.75) is 43.9 Å². The van der Waals surface area contributed by atoms with Gasteiger partial charge < -0.3 is 5.73 Å². The van der Waals surface area contributed by atoms with E-state index in [1.807, 2.05) is 30.9 Å². The van der Waals surface area contributed by atoms with Crippen LogP contribution in [0.2, 0.25) is 0 Å². The van der Waals surface area contributed by atoms with Crippen LogP contribution in [0.15, 0.2) is 23.2 Å². The zero-order chi connectivity index (χ0) is 11.4. The van der Waals surface area contributed by atoms with E-state index in [9.17, 15) is 0 Å². The molecule has 2 atom stereocenters. The van der Waals surface area contributed by atoms with Crippen molar-refractivity contribution >= 4 is 11.8 Å². The molecule has 0 amide bonds. The molecule has 0 spiro atoms. The van der Waals surface area contributed by atoms with Crippen LogP contribution < -0.4 is 5.73 Å².